The van der Waals surface area contributed by atoms with Crippen molar-refractivity contribution in [2.24, 2.45) is 0 Å². The fourth-order valence-electron chi connectivity index (χ4n) is 3.65. The molecule has 0 amide bonds. The molecule has 4 rings (SSSR count). The first-order chi connectivity index (χ1) is 12.6. The lowest BCUT2D eigenvalue weighted by atomic mass is 9.75. The Hall–Kier alpha value is -2.29. The molecule has 0 aromatic heterocycles. The molecule has 0 bridgehead atoms. The molecule has 0 heterocycles. The second-order valence-electron chi connectivity index (χ2n) is 6.34. The van der Waals surface area contributed by atoms with Crippen LogP contribution in [-0.2, 0) is 6.42 Å². The normalized spacial score (nSPS) is 13.3. The van der Waals surface area contributed by atoms with Crippen molar-refractivity contribution in [2.45, 2.75) is 12.3 Å². The molecule has 1 aliphatic rings. The lowest BCUT2D eigenvalue weighted by Gasteiger charge is -2.29. The Morgan fingerprint density at radius 1 is 0.846 bits per heavy atom. The summed E-state index contributed by atoms with van der Waals surface area (Å²) < 4.78 is 5.24. The molecular weight excluding hydrogens is 367 g/mol. The van der Waals surface area contributed by atoms with Crippen molar-refractivity contribution in [3.05, 3.63) is 98.5 Å². The Bertz CT molecular complexity index is 938. The Balaban J connectivity index is 1.86. The van der Waals surface area contributed by atoms with Crippen molar-refractivity contribution < 1.29 is 9.53 Å². The first-order valence-electron chi connectivity index (χ1n) is 8.34. The van der Waals surface area contributed by atoms with Crippen LogP contribution in [0.2, 0.25) is 10.0 Å². The van der Waals surface area contributed by atoms with Crippen LogP contribution in [0.25, 0.3) is 0 Å². The summed E-state index contributed by atoms with van der Waals surface area (Å²) in [6, 6.07) is 19.2. The Morgan fingerprint density at radius 2 is 1.38 bits per heavy atom. The van der Waals surface area contributed by atoms with Crippen LogP contribution in [0.3, 0.4) is 0 Å². The molecule has 0 saturated heterocycles. The van der Waals surface area contributed by atoms with E-state index in [4.69, 9.17) is 27.9 Å². The number of ketones is 1. The monoisotopic (exact) mass is 382 g/mol. The lowest BCUT2D eigenvalue weighted by molar-refractivity contribution is 0.103. The van der Waals surface area contributed by atoms with Gasteiger partial charge in [0.2, 0.25) is 0 Å². The molecule has 0 aliphatic heterocycles. The van der Waals surface area contributed by atoms with Gasteiger partial charge in [0.05, 0.1) is 17.2 Å². The molecule has 26 heavy (non-hydrogen) atoms. The van der Waals surface area contributed by atoms with Crippen molar-refractivity contribution in [2.75, 3.05) is 7.11 Å². The molecule has 0 saturated carbocycles. The number of ether oxygens (including phenoxy) is 1. The van der Waals surface area contributed by atoms with Crippen LogP contribution >= 0.6 is 23.2 Å². The summed E-state index contributed by atoms with van der Waals surface area (Å²) in [5.74, 6) is 0.736. The second-order valence-corrected chi connectivity index (χ2v) is 7.16. The zero-order chi connectivity index (χ0) is 18.3. The van der Waals surface area contributed by atoms with Gasteiger partial charge in [0.25, 0.3) is 0 Å². The minimum Gasteiger partial charge on any atom is -0.497 e. The van der Waals surface area contributed by atoms with E-state index in [9.17, 15) is 4.79 Å². The molecule has 0 radical (unpaired) electrons. The van der Waals surface area contributed by atoms with Crippen LogP contribution in [0.5, 0.6) is 5.75 Å². The molecule has 2 nitrogen and oxygen atoms in total. The molecule has 0 atom stereocenters. The van der Waals surface area contributed by atoms with Crippen LogP contribution in [0, 0.1) is 0 Å². The zero-order valence-corrected chi connectivity index (χ0v) is 15.6. The first kappa shape index (κ1) is 17.1. The molecule has 0 spiro atoms. The summed E-state index contributed by atoms with van der Waals surface area (Å²) >= 11 is 12.8. The van der Waals surface area contributed by atoms with Crippen LogP contribution in [0.4, 0.5) is 0 Å². The fraction of sp³-hybridized carbons (Fsp3) is 0.136. The van der Waals surface area contributed by atoms with E-state index in [0.717, 1.165) is 28.9 Å². The molecule has 4 heteroatoms. The van der Waals surface area contributed by atoms with Crippen molar-refractivity contribution >= 4 is 29.0 Å². The highest BCUT2D eigenvalue weighted by Crippen LogP contribution is 2.43. The summed E-state index contributed by atoms with van der Waals surface area (Å²) in [5, 5.41) is 0.940. The summed E-state index contributed by atoms with van der Waals surface area (Å²) in [6.07, 6.45) is 0.748. The van der Waals surface area contributed by atoms with Crippen LogP contribution in [0.15, 0.2) is 60.7 Å². The van der Waals surface area contributed by atoms with E-state index in [1.54, 1.807) is 19.2 Å². The van der Waals surface area contributed by atoms with Gasteiger partial charge in [-0.05, 0) is 47.4 Å². The highest BCUT2D eigenvalue weighted by molar-refractivity contribution is 6.39. The molecule has 3 aromatic carbocycles. The smallest absolute Gasteiger partial charge is 0.196 e. The average molecular weight is 383 g/mol. The van der Waals surface area contributed by atoms with Gasteiger partial charge in [0.15, 0.2) is 5.78 Å². The van der Waals surface area contributed by atoms with Gasteiger partial charge in [-0.2, -0.15) is 0 Å². The summed E-state index contributed by atoms with van der Waals surface area (Å²) in [7, 11) is 1.65. The van der Waals surface area contributed by atoms with Gasteiger partial charge in [-0.25, -0.2) is 0 Å². The number of carbonyl (C=O) groups is 1. The van der Waals surface area contributed by atoms with E-state index in [1.165, 1.54) is 0 Å². The van der Waals surface area contributed by atoms with E-state index in [0.29, 0.717) is 21.2 Å². The summed E-state index contributed by atoms with van der Waals surface area (Å²) in [4.78, 5) is 13.0. The maximum absolute atomic E-state index is 13.0. The number of benzene rings is 3. The molecule has 0 N–H and O–H groups in total. The SMILES string of the molecule is COc1ccc(CC2c3cccc(Cl)c3C(=O)c3c(Cl)cccc32)cc1. The standard InChI is InChI=1S/C22H16Cl2O2/c1-26-14-10-8-13(9-11-14)12-17-15-4-2-6-18(23)20(15)22(25)21-16(17)5-3-7-19(21)24/h2-11,17H,12H2,1H3. The van der Waals surface area contributed by atoms with Crippen LogP contribution in [-0.4, -0.2) is 12.9 Å². The molecule has 0 unspecified atom stereocenters. The Morgan fingerprint density at radius 3 is 1.88 bits per heavy atom. The number of rotatable bonds is 3. The van der Waals surface area contributed by atoms with Crippen LogP contribution < -0.4 is 4.74 Å². The maximum Gasteiger partial charge on any atom is 0.196 e. The molecule has 1 aliphatic carbocycles. The van der Waals surface area contributed by atoms with Gasteiger partial charge in [0.1, 0.15) is 5.75 Å². The lowest BCUT2D eigenvalue weighted by Crippen LogP contribution is -2.22. The van der Waals surface area contributed by atoms with Gasteiger partial charge in [-0.3, -0.25) is 4.79 Å². The molecule has 130 valence electrons. The maximum atomic E-state index is 13.0. The topological polar surface area (TPSA) is 26.3 Å². The average Bonchev–Trinajstić information content (AvgIpc) is 2.65. The molecule has 3 aromatic rings. The fourth-order valence-corrected chi connectivity index (χ4v) is 4.19. The van der Waals surface area contributed by atoms with Gasteiger partial charge < -0.3 is 4.74 Å². The highest BCUT2D eigenvalue weighted by Gasteiger charge is 2.33. The predicted molar refractivity (Wildman–Crippen MR) is 105 cm³/mol. The number of hydrogen-bond acceptors (Lipinski definition) is 2. The van der Waals surface area contributed by atoms with Crippen molar-refractivity contribution in [1.82, 2.24) is 0 Å². The van der Waals surface area contributed by atoms with E-state index < -0.39 is 0 Å². The van der Waals surface area contributed by atoms with Crippen molar-refractivity contribution in [1.29, 1.82) is 0 Å². The number of methoxy groups -OCH3 is 1. The summed E-state index contributed by atoms with van der Waals surface area (Å²) in [5.41, 5.74) is 4.18. The van der Waals surface area contributed by atoms with Gasteiger partial charge in [-0.15, -0.1) is 0 Å². The predicted octanol–water partition coefficient (Wildman–Crippen LogP) is 5.92. The number of carbonyl (C=O) groups excluding carboxylic acids is 1. The van der Waals surface area contributed by atoms with Gasteiger partial charge >= 0.3 is 0 Å². The van der Waals surface area contributed by atoms with Gasteiger partial charge in [-0.1, -0.05) is 59.6 Å². The van der Waals surface area contributed by atoms with Gasteiger partial charge in [0, 0.05) is 17.0 Å². The molecular formula is C22H16Cl2O2. The van der Waals surface area contributed by atoms with Crippen molar-refractivity contribution in [3.8, 4) is 5.75 Å². The second kappa shape index (κ2) is 6.79. The third kappa shape index (κ3) is 2.80. The zero-order valence-electron chi connectivity index (χ0n) is 14.1. The Kier molecular flexibility index (Phi) is 4.47. The number of fused-ring (bicyclic) bond motifs is 2. The minimum absolute atomic E-state index is 0.0171. The quantitative estimate of drug-likeness (QED) is 0.561. The summed E-state index contributed by atoms with van der Waals surface area (Å²) in [6.45, 7) is 0. The highest BCUT2D eigenvalue weighted by atomic mass is 35.5. The van der Waals surface area contributed by atoms with E-state index >= 15 is 0 Å². The van der Waals surface area contributed by atoms with Crippen molar-refractivity contribution in [3.63, 3.8) is 0 Å². The Labute approximate surface area is 162 Å². The number of halogens is 2. The van der Waals surface area contributed by atoms with Crippen LogP contribution in [0.1, 0.15) is 38.5 Å². The van der Waals surface area contributed by atoms with E-state index in [2.05, 4.69) is 0 Å². The van der Waals surface area contributed by atoms with E-state index in [1.807, 2.05) is 48.5 Å². The minimum atomic E-state index is -0.0998. The molecule has 0 fully saturated rings. The first-order valence-corrected chi connectivity index (χ1v) is 9.10. The third-order valence-corrected chi connectivity index (χ3v) is 5.53. The number of hydrogen-bond donors (Lipinski definition) is 0. The largest absolute Gasteiger partial charge is 0.497 e. The van der Waals surface area contributed by atoms with E-state index in [-0.39, 0.29) is 11.7 Å². The third-order valence-electron chi connectivity index (χ3n) is 4.90.